The number of ether oxygens (including phenoxy) is 2. The van der Waals surface area contributed by atoms with Crippen LogP contribution >= 0.6 is 27.3 Å². The van der Waals surface area contributed by atoms with Crippen LogP contribution in [0.15, 0.2) is 49.8 Å². The van der Waals surface area contributed by atoms with Gasteiger partial charge in [-0.3, -0.25) is 9.36 Å². The standard InChI is InChI=1S/C19H17BrN2O5S/c1-4-27-18(25)15-10(2)21-19-22(16(15)11-5-7-12(20)8-6-11)17(24)13(28-19)9-14(23)26-3/h5-9,16H,4H2,1-3H3/b13-9-. The van der Waals surface area contributed by atoms with Gasteiger partial charge in [-0.15, -0.1) is 0 Å². The highest BCUT2D eigenvalue weighted by atomic mass is 79.9. The zero-order valence-corrected chi connectivity index (χ0v) is 17.8. The number of benzene rings is 1. The molecule has 146 valence electrons. The molecular formula is C19H17BrN2O5S. The molecule has 2 aromatic rings. The number of nitrogens with zero attached hydrogens (tertiary/aromatic N) is 2. The summed E-state index contributed by atoms with van der Waals surface area (Å²) < 4.78 is 12.3. The summed E-state index contributed by atoms with van der Waals surface area (Å²) in [7, 11) is 1.24. The normalized spacial score (nSPS) is 16.4. The molecule has 3 rings (SSSR count). The second-order valence-corrected chi connectivity index (χ2v) is 7.80. The first-order valence-electron chi connectivity index (χ1n) is 8.40. The summed E-state index contributed by atoms with van der Waals surface area (Å²) in [6.45, 7) is 3.62. The number of carbonyl (C=O) groups is 2. The molecule has 9 heteroatoms. The summed E-state index contributed by atoms with van der Waals surface area (Å²) in [5.41, 5.74) is 1.07. The molecule has 0 fully saturated rings. The number of hydrogen-bond acceptors (Lipinski definition) is 7. The molecule has 1 aliphatic rings. The van der Waals surface area contributed by atoms with Crippen molar-refractivity contribution in [1.82, 2.24) is 4.57 Å². The van der Waals surface area contributed by atoms with Gasteiger partial charge in [0.05, 0.1) is 31.0 Å². The average Bonchev–Trinajstić information content (AvgIpc) is 2.96. The highest BCUT2D eigenvalue weighted by Crippen LogP contribution is 2.31. The fourth-order valence-corrected chi connectivity index (χ4v) is 4.19. The molecule has 1 aromatic carbocycles. The summed E-state index contributed by atoms with van der Waals surface area (Å²) in [5, 5.41) is 0. The fraction of sp³-hybridized carbons (Fsp3) is 0.263. The molecular weight excluding hydrogens is 448 g/mol. The van der Waals surface area contributed by atoms with Gasteiger partial charge in [0.15, 0.2) is 4.80 Å². The number of carbonyl (C=O) groups excluding carboxylic acids is 2. The molecule has 0 bridgehead atoms. The van der Waals surface area contributed by atoms with Gasteiger partial charge < -0.3 is 9.47 Å². The molecule has 1 unspecified atom stereocenters. The number of methoxy groups -OCH3 is 1. The van der Waals surface area contributed by atoms with Gasteiger partial charge in [0.25, 0.3) is 5.56 Å². The van der Waals surface area contributed by atoms with Gasteiger partial charge in [0, 0.05) is 10.5 Å². The minimum absolute atomic E-state index is 0.186. The number of aromatic nitrogens is 1. The van der Waals surface area contributed by atoms with E-state index >= 15 is 0 Å². The summed E-state index contributed by atoms with van der Waals surface area (Å²) in [6, 6.07) is 6.60. The minimum atomic E-state index is -0.705. The maximum Gasteiger partial charge on any atom is 0.338 e. The molecule has 0 spiro atoms. The van der Waals surface area contributed by atoms with Gasteiger partial charge in [-0.05, 0) is 31.5 Å². The van der Waals surface area contributed by atoms with Crippen LogP contribution in [0.2, 0.25) is 0 Å². The first-order chi connectivity index (χ1) is 13.4. The van der Waals surface area contributed by atoms with Crippen LogP contribution in [0.5, 0.6) is 0 Å². The summed E-state index contributed by atoms with van der Waals surface area (Å²) in [4.78, 5) is 42.1. The van der Waals surface area contributed by atoms with Crippen LogP contribution in [0, 0.1) is 0 Å². The summed E-state index contributed by atoms with van der Waals surface area (Å²) >= 11 is 4.46. The Bertz CT molecular complexity index is 1140. The Morgan fingerprint density at radius 3 is 2.61 bits per heavy atom. The molecule has 0 radical (unpaired) electrons. The SMILES string of the molecule is CCOC(=O)C1=C(C)N=c2s/c(=C\C(=O)OC)c(=O)n2C1c1ccc(Br)cc1. The molecule has 0 saturated heterocycles. The maximum absolute atomic E-state index is 13.0. The van der Waals surface area contributed by atoms with Gasteiger partial charge in [-0.1, -0.05) is 39.4 Å². The van der Waals surface area contributed by atoms with E-state index in [0.717, 1.165) is 27.4 Å². The third kappa shape index (κ3) is 3.72. The Balaban J connectivity index is 2.30. The number of rotatable bonds is 4. The van der Waals surface area contributed by atoms with Crippen molar-refractivity contribution >= 4 is 45.3 Å². The van der Waals surface area contributed by atoms with Crippen molar-refractivity contribution in [3.63, 3.8) is 0 Å². The number of esters is 2. The Labute approximate surface area is 172 Å². The third-order valence-electron chi connectivity index (χ3n) is 4.15. The zero-order valence-electron chi connectivity index (χ0n) is 15.4. The molecule has 28 heavy (non-hydrogen) atoms. The Kier molecular flexibility index (Phi) is 5.95. The molecule has 0 amide bonds. The van der Waals surface area contributed by atoms with E-state index < -0.39 is 23.5 Å². The fourth-order valence-electron chi connectivity index (χ4n) is 2.92. The molecule has 2 heterocycles. The number of fused-ring (bicyclic) bond motifs is 1. The van der Waals surface area contributed by atoms with Crippen molar-refractivity contribution in [2.45, 2.75) is 19.9 Å². The van der Waals surface area contributed by atoms with E-state index in [9.17, 15) is 14.4 Å². The van der Waals surface area contributed by atoms with E-state index in [1.54, 1.807) is 13.8 Å². The molecule has 0 N–H and O–H groups in total. The van der Waals surface area contributed by atoms with Crippen LogP contribution in [0.3, 0.4) is 0 Å². The lowest BCUT2D eigenvalue weighted by molar-refractivity contribution is -0.139. The molecule has 0 aliphatic carbocycles. The van der Waals surface area contributed by atoms with Crippen LogP contribution in [-0.4, -0.2) is 30.2 Å². The molecule has 1 aliphatic heterocycles. The van der Waals surface area contributed by atoms with E-state index in [4.69, 9.17) is 4.74 Å². The van der Waals surface area contributed by atoms with E-state index in [1.807, 2.05) is 24.3 Å². The second kappa shape index (κ2) is 8.24. The minimum Gasteiger partial charge on any atom is -0.466 e. The highest BCUT2D eigenvalue weighted by Gasteiger charge is 2.33. The monoisotopic (exact) mass is 464 g/mol. The number of halogens is 1. The predicted molar refractivity (Wildman–Crippen MR) is 107 cm³/mol. The van der Waals surface area contributed by atoms with Gasteiger partial charge in [-0.25, -0.2) is 14.6 Å². The lowest BCUT2D eigenvalue weighted by Crippen LogP contribution is -2.40. The lowest BCUT2D eigenvalue weighted by Gasteiger charge is -2.24. The largest absolute Gasteiger partial charge is 0.466 e. The first kappa shape index (κ1) is 20.2. The van der Waals surface area contributed by atoms with Gasteiger partial charge >= 0.3 is 11.9 Å². The van der Waals surface area contributed by atoms with E-state index in [0.29, 0.717) is 16.1 Å². The summed E-state index contributed by atoms with van der Waals surface area (Å²) in [5.74, 6) is -1.16. The predicted octanol–water partition coefficient (Wildman–Crippen LogP) is 1.69. The second-order valence-electron chi connectivity index (χ2n) is 5.88. The van der Waals surface area contributed by atoms with Crippen molar-refractivity contribution in [2.75, 3.05) is 13.7 Å². The van der Waals surface area contributed by atoms with Gasteiger partial charge in [0.1, 0.15) is 4.53 Å². The Morgan fingerprint density at radius 1 is 1.32 bits per heavy atom. The van der Waals surface area contributed by atoms with Crippen molar-refractivity contribution < 1.29 is 19.1 Å². The van der Waals surface area contributed by atoms with Crippen LogP contribution in [0.4, 0.5) is 0 Å². The van der Waals surface area contributed by atoms with Crippen LogP contribution in [-0.2, 0) is 19.1 Å². The third-order valence-corrected chi connectivity index (χ3v) is 5.66. The molecule has 0 saturated carbocycles. The number of thiazole rings is 1. The first-order valence-corrected chi connectivity index (χ1v) is 10.0. The Hall–Kier alpha value is -2.52. The van der Waals surface area contributed by atoms with Crippen molar-refractivity contribution in [2.24, 2.45) is 4.99 Å². The van der Waals surface area contributed by atoms with Crippen molar-refractivity contribution in [1.29, 1.82) is 0 Å². The van der Waals surface area contributed by atoms with Gasteiger partial charge in [-0.2, -0.15) is 0 Å². The van der Waals surface area contributed by atoms with Gasteiger partial charge in [0.2, 0.25) is 0 Å². The zero-order chi connectivity index (χ0) is 20.4. The van der Waals surface area contributed by atoms with Crippen LogP contribution in [0.1, 0.15) is 25.5 Å². The average molecular weight is 465 g/mol. The van der Waals surface area contributed by atoms with E-state index in [2.05, 4.69) is 25.7 Å². The van der Waals surface area contributed by atoms with E-state index in [-0.39, 0.29) is 11.1 Å². The van der Waals surface area contributed by atoms with E-state index in [1.165, 1.54) is 11.7 Å². The van der Waals surface area contributed by atoms with Crippen LogP contribution in [0.25, 0.3) is 6.08 Å². The number of hydrogen-bond donors (Lipinski definition) is 0. The highest BCUT2D eigenvalue weighted by molar-refractivity contribution is 9.10. The van der Waals surface area contributed by atoms with Crippen molar-refractivity contribution in [3.8, 4) is 0 Å². The van der Waals surface area contributed by atoms with Crippen LogP contribution < -0.4 is 14.9 Å². The maximum atomic E-state index is 13.0. The lowest BCUT2D eigenvalue weighted by atomic mass is 9.96. The Morgan fingerprint density at radius 2 is 2.00 bits per heavy atom. The number of allylic oxidation sites excluding steroid dienone is 1. The van der Waals surface area contributed by atoms with Crippen molar-refractivity contribution in [3.05, 3.63) is 65.3 Å². The molecule has 7 nitrogen and oxygen atoms in total. The molecule has 1 atom stereocenters. The topological polar surface area (TPSA) is 87.0 Å². The quantitative estimate of drug-likeness (QED) is 0.642. The smallest absolute Gasteiger partial charge is 0.338 e. The molecule has 1 aromatic heterocycles. The summed E-state index contributed by atoms with van der Waals surface area (Å²) in [6.07, 6.45) is 1.13.